The summed E-state index contributed by atoms with van der Waals surface area (Å²) in [6.07, 6.45) is 4.47. The predicted octanol–water partition coefficient (Wildman–Crippen LogP) is 2.71. The molecule has 1 saturated heterocycles. The Morgan fingerprint density at radius 2 is 2.19 bits per heavy atom. The molecule has 0 aromatic carbocycles. The van der Waals surface area contributed by atoms with Crippen LogP contribution in [0, 0.1) is 11.8 Å². The fourth-order valence-corrected chi connectivity index (χ4v) is 2.71. The summed E-state index contributed by atoms with van der Waals surface area (Å²) in [6.45, 7) is 16.7. The van der Waals surface area contributed by atoms with Crippen LogP contribution in [-0.4, -0.2) is 50.1 Å². The molecule has 2 N–H and O–H groups in total. The van der Waals surface area contributed by atoms with Crippen molar-refractivity contribution >= 4 is 29.9 Å². The Morgan fingerprint density at radius 1 is 1.43 bits per heavy atom. The molecule has 0 bridgehead atoms. The molecule has 1 rings (SSSR count). The molecule has 124 valence electrons. The van der Waals surface area contributed by atoms with E-state index in [9.17, 15) is 0 Å². The topological polar surface area (TPSA) is 39.7 Å². The molecule has 1 aliphatic rings. The third-order valence-electron chi connectivity index (χ3n) is 3.49. The molecule has 0 aromatic rings. The largest absolute Gasteiger partial charge is 0.357 e. The summed E-state index contributed by atoms with van der Waals surface area (Å²) in [4.78, 5) is 7.30. The second kappa shape index (κ2) is 12.3. The molecule has 1 fully saturated rings. The molecular formula is C16H33IN4. The molecule has 5 heteroatoms. The van der Waals surface area contributed by atoms with Crippen LogP contribution in [0.3, 0.4) is 0 Å². The van der Waals surface area contributed by atoms with Gasteiger partial charge in [0.25, 0.3) is 0 Å². The SMILES string of the molecule is C=CCNC(=NCC1CCCN(CC(C)C)C1)NCC.I. The lowest BCUT2D eigenvalue weighted by Crippen LogP contribution is -2.40. The van der Waals surface area contributed by atoms with Crippen molar-refractivity contribution in [3.8, 4) is 0 Å². The van der Waals surface area contributed by atoms with Gasteiger partial charge in [0.2, 0.25) is 0 Å². The zero-order valence-corrected chi connectivity index (χ0v) is 16.2. The number of hydrogen-bond donors (Lipinski definition) is 2. The van der Waals surface area contributed by atoms with Gasteiger partial charge >= 0.3 is 0 Å². The predicted molar refractivity (Wildman–Crippen MR) is 104 cm³/mol. The monoisotopic (exact) mass is 408 g/mol. The minimum atomic E-state index is 0. The van der Waals surface area contributed by atoms with Crippen LogP contribution in [0.15, 0.2) is 17.6 Å². The number of aliphatic imine (C=N–C) groups is 1. The van der Waals surface area contributed by atoms with E-state index in [1.165, 1.54) is 32.5 Å². The number of hydrogen-bond acceptors (Lipinski definition) is 2. The van der Waals surface area contributed by atoms with Gasteiger partial charge in [-0.1, -0.05) is 19.9 Å². The average molecular weight is 408 g/mol. The highest BCUT2D eigenvalue weighted by Crippen LogP contribution is 2.17. The van der Waals surface area contributed by atoms with E-state index in [1.807, 2.05) is 6.08 Å². The Morgan fingerprint density at radius 3 is 2.81 bits per heavy atom. The van der Waals surface area contributed by atoms with Crippen LogP contribution < -0.4 is 10.6 Å². The van der Waals surface area contributed by atoms with E-state index in [1.54, 1.807) is 0 Å². The first-order chi connectivity index (χ1) is 9.65. The fourth-order valence-electron chi connectivity index (χ4n) is 2.71. The maximum Gasteiger partial charge on any atom is 0.191 e. The number of rotatable bonds is 7. The van der Waals surface area contributed by atoms with Gasteiger partial charge < -0.3 is 15.5 Å². The second-order valence-corrected chi connectivity index (χ2v) is 6.05. The number of nitrogens with zero attached hydrogens (tertiary/aromatic N) is 2. The number of piperidine rings is 1. The van der Waals surface area contributed by atoms with E-state index in [2.05, 4.69) is 42.9 Å². The van der Waals surface area contributed by atoms with Crippen LogP contribution in [0.25, 0.3) is 0 Å². The van der Waals surface area contributed by atoms with Gasteiger partial charge in [-0.15, -0.1) is 30.6 Å². The van der Waals surface area contributed by atoms with Crippen LogP contribution in [-0.2, 0) is 0 Å². The molecular weight excluding hydrogens is 375 g/mol. The standard InChI is InChI=1S/C16H32N4.HI/c1-5-9-18-16(17-6-2)19-11-15-8-7-10-20(13-15)12-14(3)4;/h5,14-15H,1,6-13H2,2-4H3,(H2,17,18,19);1H. The van der Waals surface area contributed by atoms with Gasteiger partial charge in [-0.2, -0.15) is 0 Å². The lowest BCUT2D eigenvalue weighted by atomic mass is 9.97. The molecule has 0 spiro atoms. The van der Waals surface area contributed by atoms with Crippen molar-refractivity contribution in [3.63, 3.8) is 0 Å². The maximum absolute atomic E-state index is 4.71. The molecule has 4 nitrogen and oxygen atoms in total. The zero-order chi connectivity index (χ0) is 14.8. The van der Waals surface area contributed by atoms with E-state index in [0.29, 0.717) is 5.92 Å². The number of likely N-dealkylation sites (tertiary alicyclic amines) is 1. The molecule has 0 radical (unpaired) electrons. The first-order valence-electron chi connectivity index (χ1n) is 8.01. The first kappa shape index (κ1) is 20.7. The summed E-state index contributed by atoms with van der Waals surface area (Å²) < 4.78 is 0. The molecule has 1 aliphatic heterocycles. The summed E-state index contributed by atoms with van der Waals surface area (Å²) >= 11 is 0. The Bertz CT molecular complexity index is 305. The van der Waals surface area contributed by atoms with Gasteiger partial charge in [-0.3, -0.25) is 4.99 Å². The Hall–Kier alpha value is -0.300. The van der Waals surface area contributed by atoms with Crippen molar-refractivity contribution in [2.75, 3.05) is 39.3 Å². The molecule has 21 heavy (non-hydrogen) atoms. The van der Waals surface area contributed by atoms with E-state index in [4.69, 9.17) is 4.99 Å². The zero-order valence-electron chi connectivity index (χ0n) is 13.9. The van der Waals surface area contributed by atoms with E-state index in [0.717, 1.165) is 31.5 Å². The summed E-state index contributed by atoms with van der Waals surface area (Å²) in [5.74, 6) is 2.36. The van der Waals surface area contributed by atoms with Crippen molar-refractivity contribution in [2.24, 2.45) is 16.8 Å². The quantitative estimate of drug-likeness (QED) is 0.295. The van der Waals surface area contributed by atoms with Crippen LogP contribution in [0.5, 0.6) is 0 Å². The van der Waals surface area contributed by atoms with Crippen LogP contribution in [0.1, 0.15) is 33.6 Å². The first-order valence-corrected chi connectivity index (χ1v) is 8.01. The Balaban J connectivity index is 0.00000400. The van der Waals surface area contributed by atoms with Crippen LogP contribution >= 0.6 is 24.0 Å². The number of nitrogens with one attached hydrogen (secondary N) is 2. The van der Waals surface area contributed by atoms with Gasteiger partial charge in [0.1, 0.15) is 0 Å². The van der Waals surface area contributed by atoms with Gasteiger partial charge in [-0.05, 0) is 38.1 Å². The Labute approximate surface area is 147 Å². The molecule has 0 aliphatic carbocycles. The normalized spacial score (nSPS) is 20.0. The summed E-state index contributed by atoms with van der Waals surface area (Å²) in [6, 6.07) is 0. The van der Waals surface area contributed by atoms with Crippen molar-refractivity contribution < 1.29 is 0 Å². The molecule has 1 atom stereocenters. The molecule has 0 amide bonds. The highest BCUT2D eigenvalue weighted by atomic mass is 127. The van der Waals surface area contributed by atoms with Crippen LogP contribution in [0.2, 0.25) is 0 Å². The minimum absolute atomic E-state index is 0. The Kier molecular flexibility index (Phi) is 12.1. The third-order valence-corrected chi connectivity index (χ3v) is 3.49. The number of halogens is 1. The minimum Gasteiger partial charge on any atom is -0.357 e. The van der Waals surface area contributed by atoms with Gasteiger partial charge in [0.05, 0.1) is 0 Å². The van der Waals surface area contributed by atoms with Gasteiger partial charge in [0, 0.05) is 32.7 Å². The summed E-state index contributed by atoms with van der Waals surface area (Å²) in [5.41, 5.74) is 0. The molecule has 1 heterocycles. The van der Waals surface area contributed by atoms with Gasteiger partial charge in [-0.25, -0.2) is 0 Å². The van der Waals surface area contributed by atoms with Crippen molar-refractivity contribution in [3.05, 3.63) is 12.7 Å². The highest BCUT2D eigenvalue weighted by molar-refractivity contribution is 14.0. The van der Waals surface area contributed by atoms with E-state index < -0.39 is 0 Å². The fraction of sp³-hybridized carbons (Fsp3) is 0.812. The van der Waals surface area contributed by atoms with E-state index in [-0.39, 0.29) is 24.0 Å². The smallest absolute Gasteiger partial charge is 0.191 e. The molecule has 1 unspecified atom stereocenters. The van der Waals surface area contributed by atoms with E-state index >= 15 is 0 Å². The highest BCUT2D eigenvalue weighted by Gasteiger charge is 2.20. The number of guanidine groups is 1. The van der Waals surface area contributed by atoms with Crippen LogP contribution in [0.4, 0.5) is 0 Å². The molecule has 0 saturated carbocycles. The molecule has 0 aromatic heterocycles. The van der Waals surface area contributed by atoms with Crippen molar-refractivity contribution in [1.82, 2.24) is 15.5 Å². The maximum atomic E-state index is 4.71. The van der Waals surface area contributed by atoms with Crippen molar-refractivity contribution in [1.29, 1.82) is 0 Å². The summed E-state index contributed by atoms with van der Waals surface area (Å²) in [7, 11) is 0. The lowest BCUT2D eigenvalue weighted by molar-refractivity contribution is 0.162. The lowest BCUT2D eigenvalue weighted by Gasteiger charge is -2.33. The van der Waals surface area contributed by atoms with Crippen molar-refractivity contribution in [2.45, 2.75) is 33.6 Å². The second-order valence-electron chi connectivity index (χ2n) is 6.05. The average Bonchev–Trinajstić information content (AvgIpc) is 2.41. The third kappa shape index (κ3) is 9.34. The summed E-state index contributed by atoms with van der Waals surface area (Å²) in [5, 5.41) is 6.54. The van der Waals surface area contributed by atoms with Gasteiger partial charge in [0.15, 0.2) is 5.96 Å².